The second-order valence-corrected chi connectivity index (χ2v) is 5.52. The van der Waals surface area contributed by atoms with Gasteiger partial charge in [0.15, 0.2) is 10.1 Å². The van der Waals surface area contributed by atoms with Crippen LogP contribution in [0.15, 0.2) is 0 Å². The van der Waals surface area contributed by atoms with Gasteiger partial charge < -0.3 is 9.29 Å². The molecule has 0 spiro atoms. The highest BCUT2D eigenvalue weighted by atomic mass is 32.2. The van der Waals surface area contributed by atoms with Crippen molar-refractivity contribution in [3.05, 3.63) is 0 Å². The Morgan fingerprint density at radius 1 is 1.05 bits per heavy atom. The molecule has 0 radical (unpaired) electrons. The highest BCUT2D eigenvalue weighted by molar-refractivity contribution is 7.86. The van der Waals surface area contributed by atoms with Crippen LogP contribution in [-0.2, 0) is 14.9 Å². The van der Waals surface area contributed by atoms with E-state index in [1.807, 2.05) is 6.92 Å². The third-order valence-electron chi connectivity index (χ3n) is 2.44. The second-order valence-electron chi connectivity index (χ2n) is 4.10. The zero-order valence-corrected chi connectivity index (χ0v) is 11.3. The van der Waals surface area contributed by atoms with Gasteiger partial charge in [0.25, 0.3) is 0 Å². The minimum atomic E-state index is -6.40. The summed E-state index contributed by atoms with van der Waals surface area (Å²) in [6.07, 6.45) is 1.85. The summed E-state index contributed by atoms with van der Waals surface area (Å²) in [6.45, 7) is 1.38. The molecule has 0 aliphatic carbocycles. The number of alkyl halides is 4. The Balaban J connectivity index is 4.11. The van der Waals surface area contributed by atoms with Crippen molar-refractivity contribution in [3.8, 4) is 0 Å². The van der Waals surface area contributed by atoms with Crippen LogP contribution in [0.3, 0.4) is 0 Å². The van der Waals surface area contributed by atoms with Gasteiger partial charge in [-0.25, -0.2) is 8.42 Å². The van der Waals surface area contributed by atoms with Crippen molar-refractivity contribution in [1.82, 2.24) is 0 Å². The summed E-state index contributed by atoms with van der Waals surface area (Å²) in [5.41, 5.74) is 0. The Bertz CT molecular complexity index is 357. The lowest BCUT2D eigenvalue weighted by molar-refractivity contribution is -0.171. The fourth-order valence-corrected chi connectivity index (χ4v) is 1.73. The molecule has 0 atom stereocenters. The van der Waals surface area contributed by atoms with Gasteiger partial charge in [0.05, 0.1) is 6.61 Å². The summed E-state index contributed by atoms with van der Waals surface area (Å²) in [6, 6.07) is 0. The molecule has 0 aromatic rings. The SMILES string of the molecule is CCCCCCOCCC(F)(F)C(F)(F)S(=O)(=O)[O-]. The van der Waals surface area contributed by atoms with Crippen LogP contribution in [0.4, 0.5) is 17.6 Å². The Labute approximate surface area is 109 Å². The molecule has 0 rings (SSSR count). The summed E-state index contributed by atoms with van der Waals surface area (Å²) in [7, 11) is -6.40. The molecule has 0 saturated carbocycles. The summed E-state index contributed by atoms with van der Waals surface area (Å²) in [5.74, 6) is -4.93. The summed E-state index contributed by atoms with van der Waals surface area (Å²) >= 11 is 0. The zero-order valence-electron chi connectivity index (χ0n) is 10.5. The van der Waals surface area contributed by atoms with Crippen LogP contribution in [0.1, 0.15) is 39.0 Å². The number of ether oxygens (including phenoxy) is 1. The molecule has 9 heteroatoms. The topological polar surface area (TPSA) is 66.4 Å². The predicted molar refractivity (Wildman–Crippen MR) is 59.2 cm³/mol. The van der Waals surface area contributed by atoms with Crippen LogP contribution in [-0.4, -0.2) is 37.4 Å². The summed E-state index contributed by atoms with van der Waals surface area (Å²) in [5, 5.41) is -5.62. The zero-order chi connectivity index (χ0) is 15.2. The van der Waals surface area contributed by atoms with Gasteiger partial charge in [0.1, 0.15) is 0 Å². The highest BCUT2D eigenvalue weighted by Gasteiger charge is 2.61. The van der Waals surface area contributed by atoms with Crippen LogP contribution < -0.4 is 0 Å². The van der Waals surface area contributed by atoms with Gasteiger partial charge in [-0.1, -0.05) is 26.2 Å². The molecule has 0 saturated heterocycles. The van der Waals surface area contributed by atoms with Crippen molar-refractivity contribution < 1.29 is 35.3 Å². The first-order chi connectivity index (χ1) is 8.56. The molecule has 0 amide bonds. The van der Waals surface area contributed by atoms with E-state index < -0.39 is 34.3 Å². The number of hydrogen-bond donors (Lipinski definition) is 0. The van der Waals surface area contributed by atoms with E-state index in [1.165, 1.54) is 0 Å². The van der Waals surface area contributed by atoms with E-state index in [9.17, 15) is 30.5 Å². The summed E-state index contributed by atoms with van der Waals surface area (Å²) < 4.78 is 86.1. The minimum Gasteiger partial charge on any atom is -0.743 e. The van der Waals surface area contributed by atoms with Crippen molar-refractivity contribution in [1.29, 1.82) is 0 Å². The van der Waals surface area contributed by atoms with Gasteiger partial charge in [0.2, 0.25) is 0 Å². The molecule has 0 N–H and O–H groups in total. The summed E-state index contributed by atoms with van der Waals surface area (Å²) in [4.78, 5) is 0. The maximum atomic E-state index is 12.9. The lowest BCUT2D eigenvalue weighted by Crippen LogP contribution is -2.47. The van der Waals surface area contributed by atoms with Crippen LogP contribution in [0.25, 0.3) is 0 Å². The van der Waals surface area contributed by atoms with Gasteiger partial charge in [-0.05, 0) is 6.42 Å². The molecular formula is C10H17F4O4S-. The van der Waals surface area contributed by atoms with Crippen LogP contribution in [0.2, 0.25) is 0 Å². The first-order valence-corrected chi connectivity index (χ1v) is 7.26. The van der Waals surface area contributed by atoms with E-state index in [-0.39, 0.29) is 6.61 Å². The van der Waals surface area contributed by atoms with E-state index in [0.717, 1.165) is 19.3 Å². The number of rotatable bonds is 10. The fraction of sp³-hybridized carbons (Fsp3) is 1.00. The third-order valence-corrected chi connectivity index (χ3v) is 3.37. The Hall–Kier alpha value is -0.410. The third kappa shape index (κ3) is 5.62. The van der Waals surface area contributed by atoms with Crippen molar-refractivity contribution in [2.75, 3.05) is 13.2 Å². The largest absolute Gasteiger partial charge is 0.743 e. The van der Waals surface area contributed by atoms with Gasteiger partial charge in [-0.3, -0.25) is 0 Å². The van der Waals surface area contributed by atoms with E-state index >= 15 is 0 Å². The Kier molecular flexibility index (Phi) is 7.23. The van der Waals surface area contributed by atoms with Gasteiger partial charge in [-0.2, -0.15) is 17.6 Å². The van der Waals surface area contributed by atoms with Crippen molar-refractivity contribution >= 4 is 10.1 Å². The number of halogens is 4. The normalized spacial score (nSPS) is 13.8. The van der Waals surface area contributed by atoms with Gasteiger partial charge in [-0.15, -0.1) is 0 Å². The molecule has 4 nitrogen and oxygen atoms in total. The average Bonchev–Trinajstić information content (AvgIpc) is 2.26. The number of unbranched alkanes of at least 4 members (excludes halogenated alkanes) is 3. The molecular weight excluding hydrogens is 292 g/mol. The number of hydrogen-bond acceptors (Lipinski definition) is 4. The van der Waals surface area contributed by atoms with E-state index in [1.54, 1.807) is 0 Å². The molecule has 0 bridgehead atoms. The monoisotopic (exact) mass is 309 g/mol. The molecule has 0 aliphatic heterocycles. The Morgan fingerprint density at radius 3 is 2.11 bits per heavy atom. The molecule has 0 aliphatic rings. The van der Waals surface area contributed by atoms with Crippen LogP contribution in [0, 0.1) is 0 Å². The first-order valence-electron chi connectivity index (χ1n) is 5.85. The maximum Gasteiger partial charge on any atom is 0.396 e. The van der Waals surface area contributed by atoms with E-state index in [2.05, 4.69) is 0 Å². The van der Waals surface area contributed by atoms with Crippen molar-refractivity contribution in [2.24, 2.45) is 0 Å². The first kappa shape index (κ1) is 18.6. The predicted octanol–water partition coefficient (Wildman–Crippen LogP) is 2.75. The van der Waals surface area contributed by atoms with E-state index in [0.29, 0.717) is 6.42 Å². The fourth-order valence-electron chi connectivity index (χ4n) is 1.26. The van der Waals surface area contributed by atoms with Gasteiger partial charge in [0, 0.05) is 13.0 Å². The van der Waals surface area contributed by atoms with Gasteiger partial charge >= 0.3 is 11.2 Å². The molecule has 116 valence electrons. The molecule has 0 heterocycles. The lowest BCUT2D eigenvalue weighted by Gasteiger charge is -2.28. The standard InChI is InChI=1S/C10H18F4O4S/c1-2-3-4-5-7-18-8-6-9(11,12)10(13,14)19(15,16)17/h2-8H2,1H3,(H,15,16,17)/p-1. The second kappa shape index (κ2) is 7.39. The molecule has 0 aromatic carbocycles. The lowest BCUT2D eigenvalue weighted by atomic mass is 10.2. The Morgan fingerprint density at radius 2 is 1.63 bits per heavy atom. The average molecular weight is 309 g/mol. The quantitative estimate of drug-likeness (QED) is 0.353. The van der Waals surface area contributed by atoms with Crippen LogP contribution >= 0.6 is 0 Å². The molecule has 0 aromatic heterocycles. The minimum absolute atomic E-state index is 0.131. The van der Waals surface area contributed by atoms with E-state index in [4.69, 9.17) is 4.74 Å². The molecule has 19 heavy (non-hydrogen) atoms. The maximum absolute atomic E-state index is 12.9. The van der Waals surface area contributed by atoms with Crippen molar-refractivity contribution in [3.63, 3.8) is 0 Å². The van der Waals surface area contributed by atoms with Crippen molar-refractivity contribution in [2.45, 2.75) is 50.2 Å². The smallest absolute Gasteiger partial charge is 0.396 e. The highest BCUT2D eigenvalue weighted by Crippen LogP contribution is 2.40. The van der Waals surface area contributed by atoms with Crippen LogP contribution in [0.5, 0.6) is 0 Å². The molecule has 0 fully saturated rings. The molecule has 0 unspecified atom stereocenters.